The zero-order valence-corrected chi connectivity index (χ0v) is 19.5. The van der Waals surface area contributed by atoms with E-state index in [4.69, 9.17) is 9.94 Å². The number of benzene rings is 2. The van der Waals surface area contributed by atoms with E-state index in [0.717, 1.165) is 43.2 Å². The Morgan fingerprint density at radius 1 is 1.12 bits per heavy atom. The summed E-state index contributed by atoms with van der Waals surface area (Å²) in [5.41, 5.74) is 2.57. The van der Waals surface area contributed by atoms with Gasteiger partial charge in [-0.25, -0.2) is 0 Å². The van der Waals surface area contributed by atoms with Crippen molar-refractivity contribution in [2.24, 2.45) is 5.16 Å². The summed E-state index contributed by atoms with van der Waals surface area (Å²) < 4.78 is 41.2. The lowest BCUT2D eigenvalue weighted by molar-refractivity contribution is -0.139. The van der Waals surface area contributed by atoms with Gasteiger partial charge in [-0.1, -0.05) is 60.8 Å². The number of hydrogen-bond donors (Lipinski definition) is 2. The van der Waals surface area contributed by atoms with Crippen LogP contribution in [0.15, 0.2) is 47.6 Å². The second kappa shape index (κ2) is 11.5. The molecule has 1 unspecified atom stereocenters. The van der Waals surface area contributed by atoms with Crippen LogP contribution in [0.1, 0.15) is 79.7 Å². The van der Waals surface area contributed by atoms with Crippen LogP contribution < -0.4 is 5.32 Å². The molecule has 3 rings (SSSR count). The molecule has 184 valence electrons. The smallest absolute Gasteiger partial charge is 0.416 e. The first kappa shape index (κ1) is 25.7. The third-order valence-corrected chi connectivity index (χ3v) is 6.26. The van der Waals surface area contributed by atoms with Gasteiger partial charge < -0.3 is 15.3 Å². The van der Waals surface area contributed by atoms with Gasteiger partial charge in [0.1, 0.15) is 12.6 Å². The van der Waals surface area contributed by atoms with Crippen molar-refractivity contribution in [3.05, 3.63) is 70.3 Å². The molecule has 2 N–H and O–H groups in total. The Hall–Kier alpha value is -2.87. The Labute approximate surface area is 198 Å². The summed E-state index contributed by atoms with van der Waals surface area (Å²) in [5.74, 6) is -0.950. The van der Waals surface area contributed by atoms with Crippen molar-refractivity contribution in [3.8, 4) is 0 Å². The Bertz CT molecular complexity index is 997. The van der Waals surface area contributed by atoms with Crippen molar-refractivity contribution in [2.75, 3.05) is 0 Å². The van der Waals surface area contributed by atoms with E-state index < -0.39 is 23.8 Å². The fourth-order valence-corrected chi connectivity index (χ4v) is 4.19. The SMILES string of the molecule is CC(=NOCc1ccc(C2CCCCC2)c(C(F)(F)F)c1)c1ccc(CNC(C)C(=O)O)cc1. The monoisotopic (exact) mass is 476 g/mol. The lowest BCUT2D eigenvalue weighted by Gasteiger charge is -2.25. The van der Waals surface area contributed by atoms with Gasteiger partial charge >= 0.3 is 12.1 Å². The molecule has 0 radical (unpaired) electrons. The van der Waals surface area contributed by atoms with Crippen LogP contribution >= 0.6 is 0 Å². The van der Waals surface area contributed by atoms with Gasteiger partial charge in [0.25, 0.3) is 0 Å². The second-order valence-electron chi connectivity index (χ2n) is 8.84. The van der Waals surface area contributed by atoms with Gasteiger partial charge in [-0.3, -0.25) is 4.79 Å². The first-order chi connectivity index (χ1) is 16.1. The molecule has 1 aliphatic carbocycles. The standard InChI is InChI=1S/C26H31F3N2O3/c1-17(21-11-8-19(9-12-21)15-30-18(2)25(32)33)31-34-16-20-10-13-23(22-6-4-3-5-7-22)24(14-20)26(27,28)29/h8-14,18,22,30H,3-7,15-16H2,1-2H3,(H,32,33). The Morgan fingerprint density at radius 3 is 2.38 bits per heavy atom. The molecule has 0 aromatic heterocycles. The maximum absolute atomic E-state index is 13.7. The summed E-state index contributed by atoms with van der Waals surface area (Å²) in [7, 11) is 0. The summed E-state index contributed by atoms with van der Waals surface area (Å²) in [5, 5.41) is 15.9. The Balaban J connectivity index is 1.62. The number of carboxylic acids is 1. The zero-order chi connectivity index (χ0) is 24.7. The number of oxime groups is 1. The highest BCUT2D eigenvalue weighted by Gasteiger charge is 2.35. The van der Waals surface area contributed by atoms with Crippen LogP contribution in [0.5, 0.6) is 0 Å². The molecule has 0 bridgehead atoms. The van der Waals surface area contributed by atoms with E-state index in [2.05, 4.69) is 10.5 Å². The molecule has 0 aliphatic heterocycles. The molecule has 2 aromatic carbocycles. The van der Waals surface area contributed by atoms with Gasteiger partial charge in [0, 0.05) is 6.54 Å². The number of carboxylic acid groups (broad SMARTS) is 1. The summed E-state index contributed by atoms with van der Waals surface area (Å²) >= 11 is 0. The van der Waals surface area contributed by atoms with E-state index >= 15 is 0 Å². The summed E-state index contributed by atoms with van der Waals surface area (Å²) in [6.07, 6.45) is 0.233. The normalized spacial score (nSPS) is 16.3. The fourth-order valence-electron chi connectivity index (χ4n) is 4.19. The quantitative estimate of drug-likeness (QED) is 0.331. The number of hydrogen-bond acceptors (Lipinski definition) is 4. The molecule has 1 saturated carbocycles. The Morgan fingerprint density at radius 2 is 1.76 bits per heavy atom. The maximum Gasteiger partial charge on any atom is 0.416 e. The van der Waals surface area contributed by atoms with Crippen molar-refractivity contribution in [1.82, 2.24) is 5.32 Å². The molecule has 1 fully saturated rings. The van der Waals surface area contributed by atoms with Crippen molar-refractivity contribution in [2.45, 2.75) is 77.2 Å². The lowest BCUT2D eigenvalue weighted by atomic mass is 9.81. The molecular weight excluding hydrogens is 445 g/mol. The van der Waals surface area contributed by atoms with Crippen molar-refractivity contribution in [3.63, 3.8) is 0 Å². The molecule has 0 spiro atoms. The molecule has 0 heterocycles. The zero-order valence-electron chi connectivity index (χ0n) is 19.5. The first-order valence-corrected chi connectivity index (χ1v) is 11.6. The van der Waals surface area contributed by atoms with Crippen LogP contribution in [0.4, 0.5) is 13.2 Å². The highest BCUT2D eigenvalue weighted by molar-refractivity contribution is 5.98. The predicted molar refractivity (Wildman–Crippen MR) is 125 cm³/mol. The number of nitrogens with zero attached hydrogens (tertiary/aromatic N) is 1. The van der Waals surface area contributed by atoms with Gasteiger partial charge in [0.05, 0.1) is 11.3 Å². The molecule has 0 amide bonds. The van der Waals surface area contributed by atoms with Crippen molar-refractivity contribution >= 4 is 11.7 Å². The van der Waals surface area contributed by atoms with Gasteiger partial charge in [0.2, 0.25) is 0 Å². The maximum atomic E-state index is 13.7. The number of carbonyl (C=O) groups is 1. The average Bonchev–Trinajstić information content (AvgIpc) is 2.82. The van der Waals surface area contributed by atoms with Crippen LogP contribution in [0.3, 0.4) is 0 Å². The van der Waals surface area contributed by atoms with Gasteiger partial charge in [0.15, 0.2) is 0 Å². The third kappa shape index (κ3) is 7.06. The van der Waals surface area contributed by atoms with Crippen molar-refractivity contribution < 1.29 is 27.9 Å². The minimum absolute atomic E-state index is 0.0360. The topological polar surface area (TPSA) is 70.9 Å². The number of rotatable bonds is 9. The number of halogens is 3. The van der Waals surface area contributed by atoms with E-state index in [1.807, 2.05) is 24.3 Å². The summed E-state index contributed by atoms with van der Waals surface area (Å²) in [6.45, 7) is 3.69. The van der Waals surface area contributed by atoms with Crippen LogP contribution in [-0.4, -0.2) is 22.8 Å². The average molecular weight is 477 g/mol. The number of nitrogens with one attached hydrogen (secondary N) is 1. The molecular formula is C26H31F3N2O3. The second-order valence-corrected chi connectivity index (χ2v) is 8.84. The van der Waals surface area contributed by atoms with E-state index in [9.17, 15) is 18.0 Å². The fraction of sp³-hybridized carbons (Fsp3) is 0.462. The molecule has 8 heteroatoms. The highest BCUT2D eigenvalue weighted by Crippen LogP contribution is 2.41. The number of alkyl halides is 3. The highest BCUT2D eigenvalue weighted by atomic mass is 19.4. The minimum atomic E-state index is -4.40. The summed E-state index contributed by atoms with van der Waals surface area (Å²) in [4.78, 5) is 16.2. The predicted octanol–water partition coefficient (Wildman–Crippen LogP) is 6.26. The Kier molecular flexibility index (Phi) is 8.72. The molecule has 2 aromatic rings. The molecule has 1 aliphatic rings. The number of aliphatic carboxylic acids is 1. The lowest BCUT2D eigenvalue weighted by Crippen LogP contribution is -2.33. The molecule has 34 heavy (non-hydrogen) atoms. The van der Waals surface area contributed by atoms with E-state index in [0.29, 0.717) is 23.4 Å². The largest absolute Gasteiger partial charge is 0.480 e. The van der Waals surface area contributed by atoms with Gasteiger partial charge in [-0.15, -0.1) is 0 Å². The van der Waals surface area contributed by atoms with Crippen LogP contribution in [0.25, 0.3) is 0 Å². The van der Waals surface area contributed by atoms with Gasteiger partial charge in [-0.05, 0) is 60.9 Å². The van der Waals surface area contributed by atoms with E-state index in [1.165, 1.54) is 6.07 Å². The molecule has 0 saturated heterocycles. The van der Waals surface area contributed by atoms with Crippen LogP contribution in [0.2, 0.25) is 0 Å². The first-order valence-electron chi connectivity index (χ1n) is 11.6. The van der Waals surface area contributed by atoms with Gasteiger partial charge in [-0.2, -0.15) is 13.2 Å². The summed E-state index contributed by atoms with van der Waals surface area (Å²) in [6, 6.07) is 11.2. The van der Waals surface area contributed by atoms with Crippen LogP contribution in [-0.2, 0) is 29.0 Å². The molecule has 5 nitrogen and oxygen atoms in total. The van der Waals surface area contributed by atoms with Crippen LogP contribution in [0, 0.1) is 0 Å². The van der Waals surface area contributed by atoms with E-state index in [1.54, 1.807) is 26.0 Å². The minimum Gasteiger partial charge on any atom is -0.480 e. The van der Waals surface area contributed by atoms with Crippen molar-refractivity contribution in [1.29, 1.82) is 0 Å². The molecule has 1 atom stereocenters. The third-order valence-electron chi connectivity index (χ3n) is 6.26. The van der Waals surface area contributed by atoms with E-state index in [-0.39, 0.29) is 12.5 Å².